The Labute approximate surface area is 148 Å². The molecule has 4 rings (SSSR count). The van der Waals surface area contributed by atoms with Gasteiger partial charge in [0.2, 0.25) is 0 Å². The second kappa shape index (κ2) is 6.22. The van der Waals surface area contributed by atoms with E-state index < -0.39 is 0 Å². The van der Waals surface area contributed by atoms with Crippen LogP contribution < -0.4 is 10.1 Å². The minimum absolute atomic E-state index is 0.167. The van der Waals surface area contributed by atoms with Gasteiger partial charge in [-0.3, -0.25) is 0 Å². The van der Waals surface area contributed by atoms with E-state index in [-0.39, 0.29) is 11.4 Å². The van der Waals surface area contributed by atoms with Crippen molar-refractivity contribution in [1.29, 1.82) is 0 Å². The van der Waals surface area contributed by atoms with Crippen molar-refractivity contribution < 1.29 is 13.5 Å². The molecule has 3 aromatic heterocycles. The normalized spacial score (nSPS) is 11.2. The van der Waals surface area contributed by atoms with Gasteiger partial charge >= 0.3 is 5.56 Å². The van der Waals surface area contributed by atoms with E-state index in [2.05, 4.69) is 5.16 Å². The van der Waals surface area contributed by atoms with Crippen LogP contribution in [0.15, 0.2) is 64.2 Å². The lowest BCUT2D eigenvalue weighted by Crippen LogP contribution is -2.41. The zero-order valence-electron chi connectivity index (χ0n) is 14.4. The standard InChI is InChI=1S/C20H17FN3O2/c1-13-19(14(2)26-22-13)16-12-23(11-15-7-3-4-8-17(15)21)18-9-5-6-10-24(18)20(16)25/h3-10,12H,11H2,1-2H3/q+1. The molecule has 1 aromatic carbocycles. The molecule has 4 aromatic rings. The molecule has 6 heteroatoms. The first-order valence-corrected chi connectivity index (χ1v) is 8.27. The minimum atomic E-state index is -0.279. The lowest BCUT2D eigenvalue weighted by atomic mass is 10.1. The van der Waals surface area contributed by atoms with Crippen LogP contribution in [0, 0.1) is 19.7 Å². The van der Waals surface area contributed by atoms with Crippen LogP contribution in [0.3, 0.4) is 0 Å². The Morgan fingerprint density at radius 2 is 1.92 bits per heavy atom. The molecule has 0 fully saturated rings. The third-order valence-electron chi connectivity index (χ3n) is 4.47. The summed E-state index contributed by atoms with van der Waals surface area (Å²) in [5.74, 6) is 0.298. The van der Waals surface area contributed by atoms with Crippen LogP contribution in [0.4, 0.5) is 4.39 Å². The zero-order chi connectivity index (χ0) is 18.3. The average Bonchev–Trinajstić information content (AvgIpc) is 2.98. The van der Waals surface area contributed by atoms with E-state index in [4.69, 9.17) is 4.52 Å². The number of rotatable bonds is 3. The molecule has 0 atom stereocenters. The van der Waals surface area contributed by atoms with Gasteiger partial charge in [-0.15, -0.1) is 0 Å². The van der Waals surface area contributed by atoms with Crippen LogP contribution in [0.25, 0.3) is 16.8 Å². The summed E-state index contributed by atoms with van der Waals surface area (Å²) in [6, 6.07) is 12.1. The van der Waals surface area contributed by atoms with Crippen molar-refractivity contribution in [2.75, 3.05) is 0 Å². The van der Waals surface area contributed by atoms with Crippen molar-refractivity contribution in [3.63, 3.8) is 0 Å². The number of pyridine rings is 1. The topological polar surface area (TPSA) is 51.4 Å². The lowest BCUT2D eigenvalue weighted by molar-refractivity contribution is -0.665. The van der Waals surface area contributed by atoms with E-state index in [1.54, 1.807) is 54.9 Å². The highest BCUT2D eigenvalue weighted by atomic mass is 19.1. The van der Waals surface area contributed by atoms with Gasteiger partial charge in [-0.25, -0.2) is 13.8 Å². The van der Waals surface area contributed by atoms with E-state index >= 15 is 0 Å². The maximum absolute atomic E-state index is 14.1. The lowest BCUT2D eigenvalue weighted by Gasteiger charge is -2.07. The molecule has 5 nitrogen and oxygen atoms in total. The maximum atomic E-state index is 14.1. The van der Waals surface area contributed by atoms with Crippen LogP contribution in [-0.2, 0) is 6.54 Å². The zero-order valence-corrected chi connectivity index (χ0v) is 14.4. The van der Waals surface area contributed by atoms with Crippen LogP contribution in [0.2, 0.25) is 0 Å². The summed E-state index contributed by atoms with van der Waals surface area (Å²) in [4.78, 5) is 13.0. The van der Waals surface area contributed by atoms with Crippen molar-refractivity contribution >= 4 is 5.65 Å². The Hall–Kier alpha value is -3.28. The smallest absolute Gasteiger partial charge is 0.350 e. The van der Waals surface area contributed by atoms with Crippen molar-refractivity contribution in [3.8, 4) is 11.1 Å². The van der Waals surface area contributed by atoms with Crippen LogP contribution in [0.5, 0.6) is 0 Å². The SMILES string of the molecule is Cc1noc(C)c1-c1c[n+](Cc2ccccc2F)c2ccccn2c1=O. The Morgan fingerprint density at radius 3 is 2.65 bits per heavy atom. The van der Waals surface area contributed by atoms with Gasteiger partial charge in [0.25, 0.3) is 5.65 Å². The monoisotopic (exact) mass is 350 g/mol. The molecule has 0 aliphatic heterocycles. The van der Waals surface area contributed by atoms with E-state index in [9.17, 15) is 9.18 Å². The molecule has 0 N–H and O–H groups in total. The van der Waals surface area contributed by atoms with Crippen LogP contribution >= 0.6 is 0 Å². The number of aromatic nitrogens is 3. The number of aryl methyl sites for hydroxylation is 2. The maximum Gasteiger partial charge on any atom is 0.350 e. The summed E-state index contributed by atoms with van der Waals surface area (Å²) in [6.45, 7) is 3.87. The first kappa shape index (κ1) is 16.2. The molecular weight excluding hydrogens is 333 g/mol. The van der Waals surface area contributed by atoms with Gasteiger partial charge in [0.1, 0.15) is 29.9 Å². The Bertz CT molecular complexity index is 1160. The Morgan fingerprint density at radius 1 is 1.15 bits per heavy atom. The number of nitrogens with zero attached hydrogens (tertiary/aromatic N) is 3. The van der Waals surface area contributed by atoms with Crippen LogP contribution in [-0.4, -0.2) is 9.56 Å². The molecule has 130 valence electrons. The number of halogens is 1. The predicted molar refractivity (Wildman–Crippen MR) is 94.3 cm³/mol. The molecule has 26 heavy (non-hydrogen) atoms. The molecule has 0 radical (unpaired) electrons. The summed E-state index contributed by atoms with van der Waals surface area (Å²) in [5, 5.41) is 3.95. The molecule has 0 aliphatic carbocycles. The molecule has 0 saturated carbocycles. The molecule has 0 bridgehead atoms. The molecule has 0 amide bonds. The molecular formula is C20H17FN3O2+. The quantitative estimate of drug-likeness (QED) is 0.534. The molecule has 0 saturated heterocycles. The van der Waals surface area contributed by atoms with Gasteiger partial charge in [0.15, 0.2) is 0 Å². The predicted octanol–water partition coefficient (Wildman–Crippen LogP) is 3.05. The molecule has 0 aliphatic rings. The van der Waals surface area contributed by atoms with Gasteiger partial charge < -0.3 is 4.52 Å². The van der Waals surface area contributed by atoms with Gasteiger partial charge in [-0.1, -0.05) is 29.4 Å². The molecule has 0 unspecified atom stereocenters. The summed E-state index contributed by atoms with van der Waals surface area (Å²) >= 11 is 0. The highest BCUT2D eigenvalue weighted by Gasteiger charge is 2.22. The third-order valence-corrected chi connectivity index (χ3v) is 4.47. The highest BCUT2D eigenvalue weighted by Crippen LogP contribution is 2.23. The summed E-state index contributed by atoms with van der Waals surface area (Å²) in [5.41, 5.74) is 2.85. The van der Waals surface area contributed by atoms with Crippen molar-refractivity contribution in [2.45, 2.75) is 20.4 Å². The second-order valence-corrected chi connectivity index (χ2v) is 6.20. The number of fused-ring (bicyclic) bond motifs is 1. The first-order valence-electron chi connectivity index (χ1n) is 8.27. The van der Waals surface area contributed by atoms with E-state index in [0.29, 0.717) is 40.3 Å². The van der Waals surface area contributed by atoms with Gasteiger partial charge in [0, 0.05) is 11.6 Å². The summed E-state index contributed by atoms with van der Waals surface area (Å²) in [6.07, 6.45) is 3.45. The summed E-state index contributed by atoms with van der Waals surface area (Å²) < 4.78 is 22.8. The first-order chi connectivity index (χ1) is 12.6. The minimum Gasteiger partial charge on any atom is -0.361 e. The van der Waals surface area contributed by atoms with Crippen molar-refractivity contribution in [3.05, 3.63) is 88.0 Å². The van der Waals surface area contributed by atoms with Gasteiger partial charge in [0.05, 0.1) is 17.5 Å². The molecule has 3 heterocycles. The Kier molecular flexibility index (Phi) is 3.88. The largest absolute Gasteiger partial charge is 0.361 e. The second-order valence-electron chi connectivity index (χ2n) is 6.20. The highest BCUT2D eigenvalue weighted by molar-refractivity contribution is 5.66. The van der Waals surface area contributed by atoms with Crippen molar-refractivity contribution in [1.82, 2.24) is 9.56 Å². The van der Waals surface area contributed by atoms with E-state index in [1.807, 2.05) is 16.7 Å². The van der Waals surface area contributed by atoms with Gasteiger partial charge in [-0.2, -0.15) is 4.40 Å². The average molecular weight is 350 g/mol. The van der Waals surface area contributed by atoms with E-state index in [0.717, 1.165) is 0 Å². The number of hydrogen-bond acceptors (Lipinski definition) is 3. The van der Waals surface area contributed by atoms with Crippen LogP contribution in [0.1, 0.15) is 17.0 Å². The fraction of sp³-hybridized carbons (Fsp3) is 0.150. The van der Waals surface area contributed by atoms with E-state index in [1.165, 1.54) is 6.07 Å². The third kappa shape index (κ3) is 2.60. The number of benzene rings is 1. The number of hydrogen-bond donors (Lipinski definition) is 0. The fourth-order valence-corrected chi connectivity index (χ4v) is 3.22. The fourth-order valence-electron chi connectivity index (χ4n) is 3.22. The van der Waals surface area contributed by atoms with Crippen molar-refractivity contribution in [2.24, 2.45) is 0 Å². The Balaban J connectivity index is 2.00. The molecule has 0 spiro atoms. The summed E-state index contributed by atoms with van der Waals surface area (Å²) in [7, 11) is 0. The van der Waals surface area contributed by atoms with Gasteiger partial charge in [-0.05, 0) is 26.0 Å².